The largest absolute Gasteiger partial charge is 0.322 e. The van der Waals surface area contributed by atoms with Crippen LogP contribution in [0.25, 0.3) is 10.9 Å². The van der Waals surface area contributed by atoms with Gasteiger partial charge in [0.15, 0.2) is 0 Å². The molecule has 32 heavy (non-hydrogen) atoms. The van der Waals surface area contributed by atoms with E-state index in [1.54, 1.807) is 23.1 Å². The number of amides is 2. The molecule has 4 aromatic rings. The molecule has 158 valence electrons. The van der Waals surface area contributed by atoms with E-state index in [2.05, 4.69) is 27.1 Å². The Bertz CT molecular complexity index is 1370. The molecule has 1 heterocycles. The van der Waals surface area contributed by atoms with Crippen LogP contribution in [0.3, 0.4) is 0 Å². The van der Waals surface area contributed by atoms with Crippen LogP contribution in [-0.2, 0) is 6.54 Å². The van der Waals surface area contributed by atoms with Crippen LogP contribution >= 0.6 is 0 Å². The standard InChI is InChI=1S/C26H22N4O2/c1-2-30(18-24-28-23-14-7-6-13-22(23)25(31)29-24)26(32)27-21-12-8-11-20(17-21)16-15-19-9-4-3-5-10-19/h3-14,17H,2,18H2,1H3,(H,27,32)(H,28,29,31). The van der Waals surface area contributed by atoms with E-state index in [0.717, 1.165) is 11.1 Å². The number of rotatable bonds is 4. The van der Waals surface area contributed by atoms with Gasteiger partial charge >= 0.3 is 6.03 Å². The summed E-state index contributed by atoms with van der Waals surface area (Å²) >= 11 is 0. The molecule has 0 aliphatic heterocycles. The Kier molecular flexibility index (Phi) is 6.28. The molecule has 0 fully saturated rings. The molecule has 1 aromatic heterocycles. The van der Waals surface area contributed by atoms with E-state index in [4.69, 9.17) is 0 Å². The van der Waals surface area contributed by atoms with Gasteiger partial charge in [0.1, 0.15) is 5.82 Å². The third-order valence-corrected chi connectivity index (χ3v) is 4.91. The van der Waals surface area contributed by atoms with Crippen LogP contribution in [0, 0.1) is 11.8 Å². The average molecular weight is 422 g/mol. The number of H-pyrrole nitrogens is 1. The summed E-state index contributed by atoms with van der Waals surface area (Å²) in [6.07, 6.45) is 0. The van der Waals surface area contributed by atoms with Gasteiger partial charge in [-0.1, -0.05) is 48.2 Å². The van der Waals surface area contributed by atoms with Gasteiger partial charge in [-0.2, -0.15) is 0 Å². The van der Waals surface area contributed by atoms with Gasteiger partial charge in [-0.15, -0.1) is 0 Å². The number of carbonyl (C=O) groups is 1. The summed E-state index contributed by atoms with van der Waals surface area (Å²) in [5, 5.41) is 3.43. The fourth-order valence-corrected chi connectivity index (χ4v) is 3.26. The highest BCUT2D eigenvalue weighted by Crippen LogP contribution is 2.13. The molecule has 3 aromatic carbocycles. The number of fused-ring (bicyclic) bond motifs is 1. The Morgan fingerprint density at radius 3 is 2.50 bits per heavy atom. The van der Waals surface area contributed by atoms with E-state index >= 15 is 0 Å². The number of benzene rings is 3. The first-order valence-corrected chi connectivity index (χ1v) is 10.3. The second-order valence-corrected chi connectivity index (χ2v) is 7.17. The fourth-order valence-electron chi connectivity index (χ4n) is 3.26. The van der Waals surface area contributed by atoms with Crippen LogP contribution in [0.1, 0.15) is 23.9 Å². The lowest BCUT2D eigenvalue weighted by atomic mass is 10.1. The molecule has 0 saturated heterocycles. The van der Waals surface area contributed by atoms with Crippen molar-refractivity contribution in [3.8, 4) is 11.8 Å². The van der Waals surface area contributed by atoms with Gasteiger partial charge in [0, 0.05) is 23.4 Å². The highest BCUT2D eigenvalue weighted by atomic mass is 16.2. The third kappa shape index (κ3) is 5.02. The molecule has 0 radical (unpaired) electrons. The summed E-state index contributed by atoms with van der Waals surface area (Å²) in [7, 11) is 0. The quantitative estimate of drug-likeness (QED) is 0.479. The van der Waals surface area contributed by atoms with Gasteiger partial charge in [0.05, 0.1) is 17.4 Å². The van der Waals surface area contributed by atoms with Crippen molar-refractivity contribution in [2.45, 2.75) is 13.5 Å². The first-order valence-electron chi connectivity index (χ1n) is 10.3. The number of aromatic amines is 1. The van der Waals surface area contributed by atoms with Crippen molar-refractivity contribution >= 4 is 22.6 Å². The van der Waals surface area contributed by atoms with Gasteiger partial charge in [0.2, 0.25) is 0 Å². The number of anilines is 1. The van der Waals surface area contributed by atoms with Gasteiger partial charge in [-0.05, 0) is 49.4 Å². The van der Waals surface area contributed by atoms with Gasteiger partial charge in [-0.25, -0.2) is 9.78 Å². The van der Waals surface area contributed by atoms with E-state index < -0.39 is 0 Å². The zero-order valence-corrected chi connectivity index (χ0v) is 17.6. The van der Waals surface area contributed by atoms with Crippen LogP contribution in [0.2, 0.25) is 0 Å². The number of hydrogen-bond acceptors (Lipinski definition) is 3. The fraction of sp³-hybridized carbons (Fsp3) is 0.115. The predicted molar refractivity (Wildman–Crippen MR) is 126 cm³/mol. The van der Waals surface area contributed by atoms with Crippen LogP contribution in [0.15, 0.2) is 83.7 Å². The van der Waals surface area contributed by atoms with Crippen molar-refractivity contribution in [3.05, 3.63) is 106 Å². The van der Waals surface area contributed by atoms with E-state index in [1.165, 1.54) is 0 Å². The molecule has 0 aliphatic carbocycles. The normalized spacial score (nSPS) is 10.3. The maximum atomic E-state index is 12.8. The van der Waals surface area contributed by atoms with Crippen LogP contribution in [0.5, 0.6) is 0 Å². The van der Waals surface area contributed by atoms with Crippen molar-refractivity contribution in [2.75, 3.05) is 11.9 Å². The molecule has 0 saturated carbocycles. The number of aromatic nitrogens is 2. The van der Waals surface area contributed by atoms with E-state index in [1.807, 2.05) is 67.6 Å². The number of urea groups is 1. The zero-order chi connectivity index (χ0) is 22.3. The summed E-state index contributed by atoms with van der Waals surface area (Å²) in [4.78, 5) is 34.0. The molecule has 0 atom stereocenters. The molecule has 2 amide bonds. The predicted octanol–water partition coefficient (Wildman–Crippen LogP) is 4.38. The van der Waals surface area contributed by atoms with Crippen LogP contribution in [0.4, 0.5) is 10.5 Å². The number of nitrogens with one attached hydrogen (secondary N) is 2. The molecule has 2 N–H and O–H groups in total. The minimum Gasteiger partial charge on any atom is -0.317 e. The first kappa shape index (κ1) is 20.9. The highest BCUT2D eigenvalue weighted by Gasteiger charge is 2.14. The highest BCUT2D eigenvalue weighted by molar-refractivity contribution is 5.89. The minimum absolute atomic E-state index is 0.190. The van der Waals surface area contributed by atoms with E-state index in [-0.39, 0.29) is 18.1 Å². The SMILES string of the molecule is CCN(Cc1nc2ccccc2c(=O)[nH]1)C(=O)Nc1cccc(C#Cc2ccccc2)c1. The average Bonchev–Trinajstić information content (AvgIpc) is 2.82. The molecular formula is C26H22N4O2. The summed E-state index contributed by atoms with van der Waals surface area (Å²) in [5.74, 6) is 6.67. The maximum Gasteiger partial charge on any atom is 0.322 e. The Morgan fingerprint density at radius 1 is 0.969 bits per heavy atom. The summed E-state index contributed by atoms with van der Waals surface area (Å²) in [6.45, 7) is 2.52. The van der Waals surface area contributed by atoms with E-state index in [0.29, 0.717) is 29.0 Å². The Morgan fingerprint density at radius 2 is 1.69 bits per heavy atom. The van der Waals surface area contributed by atoms with Crippen molar-refractivity contribution in [2.24, 2.45) is 0 Å². The van der Waals surface area contributed by atoms with Crippen molar-refractivity contribution in [1.29, 1.82) is 0 Å². The zero-order valence-electron chi connectivity index (χ0n) is 17.6. The van der Waals surface area contributed by atoms with Gasteiger partial charge in [0.25, 0.3) is 5.56 Å². The smallest absolute Gasteiger partial charge is 0.317 e. The lowest BCUT2D eigenvalue weighted by molar-refractivity contribution is 0.211. The topological polar surface area (TPSA) is 78.1 Å². The summed E-state index contributed by atoms with van der Waals surface area (Å²) < 4.78 is 0. The lowest BCUT2D eigenvalue weighted by Crippen LogP contribution is -2.35. The second-order valence-electron chi connectivity index (χ2n) is 7.17. The van der Waals surface area contributed by atoms with Crippen LogP contribution in [-0.4, -0.2) is 27.4 Å². The minimum atomic E-state index is -0.281. The van der Waals surface area contributed by atoms with Gasteiger partial charge < -0.3 is 15.2 Å². The number of para-hydroxylation sites is 1. The number of nitrogens with zero attached hydrogens (tertiary/aromatic N) is 2. The van der Waals surface area contributed by atoms with E-state index in [9.17, 15) is 9.59 Å². The lowest BCUT2D eigenvalue weighted by Gasteiger charge is -2.21. The van der Waals surface area contributed by atoms with Crippen LogP contribution < -0.4 is 10.9 Å². The van der Waals surface area contributed by atoms with Crippen molar-refractivity contribution < 1.29 is 4.79 Å². The third-order valence-electron chi connectivity index (χ3n) is 4.91. The molecule has 0 bridgehead atoms. The monoisotopic (exact) mass is 422 g/mol. The second kappa shape index (κ2) is 9.63. The Labute approximate surface area is 185 Å². The molecule has 6 heteroatoms. The van der Waals surface area contributed by atoms with Crippen molar-refractivity contribution in [1.82, 2.24) is 14.9 Å². The molecule has 6 nitrogen and oxygen atoms in total. The molecule has 0 aliphatic rings. The Balaban J connectivity index is 1.48. The molecule has 0 spiro atoms. The molecule has 4 rings (SSSR count). The number of carbonyl (C=O) groups excluding carboxylic acids is 1. The summed E-state index contributed by atoms with van der Waals surface area (Å²) in [5.41, 5.74) is 2.76. The molecule has 0 unspecified atom stereocenters. The Hall–Kier alpha value is -4.37. The first-order chi connectivity index (χ1) is 15.6. The molecular weight excluding hydrogens is 400 g/mol. The summed E-state index contributed by atoms with van der Waals surface area (Å²) in [6, 6.07) is 24.0. The number of hydrogen-bond donors (Lipinski definition) is 2. The van der Waals surface area contributed by atoms with Gasteiger partial charge in [-0.3, -0.25) is 4.79 Å². The van der Waals surface area contributed by atoms with Crippen molar-refractivity contribution in [3.63, 3.8) is 0 Å². The maximum absolute atomic E-state index is 12.8.